The maximum Gasteiger partial charge on any atom is 0.0546 e. The molecule has 72 heavy (non-hydrogen) atoms. The van der Waals surface area contributed by atoms with Crippen molar-refractivity contribution in [3.05, 3.63) is 253 Å². The fourth-order valence-electron chi connectivity index (χ4n) is 11.6. The lowest BCUT2D eigenvalue weighted by Crippen LogP contribution is -2.13. The van der Waals surface area contributed by atoms with Gasteiger partial charge in [-0.3, -0.25) is 0 Å². The molecule has 0 spiro atoms. The number of fused-ring (bicyclic) bond motifs is 7. The van der Waals surface area contributed by atoms with E-state index in [2.05, 4.69) is 282 Å². The van der Waals surface area contributed by atoms with Crippen LogP contribution in [0, 0.1) is 13.8 Å². The molecular weight excluding hydrogens is 869 g/mol. The molecule has 348 valence electrons. The Kier molecular flexibility index (Phi) is 11.4. The van der Waals surface area contributed by atoms with Gasteiger partial charge in [0, 0.05) is 33.5 Å². The Morgan fingerprint density at radius 2 is 0.625 bits per heavy atom. The maximum atomic E-state index is 2.50. The number of hydrogen-bond donors (Lipinski definition) is 0. The summed E-state index contributed by atoms with van der Waals surface area (Å²) >= 11 is 0. The third-order valence-electron chi connectivity index (χ3n) is 15.0. The van der Waals surface area contributed by atoms with Crippen molar-refractivity contribution in [2.75, 3.05) is 9.80 Å². The minimum atomic E-state index is 0.418. The van der Waals surface area contributed by atoms with Crippen molar-refractivity contribution in [2.45, 2.75) is 53.4 Å². The first-order chi connectivity index (χ1) is 35.2. The molecule has 0 bridgehead atoms. The maximum absolute atomic E-state index is 2.50. The second-order valence-electron chi connectivity index (χ2n) is 20.2. The summed E-state index contributed by atoms with van der Waals surface area (Å²) in [5, 5.41) is 12.2. The standard InChI is InChI=1S/C70H58N2/c1-45(2)57-37-35-55(39-47(57)5)71(53-25-15-23-51(41-53)61-33-17-21-49-19-7-9-27-59(49)61)69-43-67-64-30-12-14-32-66(64)70(44-68(67)63-29-11-13-31-65(63)69)72(56-36-38-58(46(3)4)48(6)40-56)54-26-16-24-52(42-54)62-34-18-22-50-20-8-10-28-60(50)62/h7-46H,1-6H3. The smallest absolute Gasteiger partial charge is 0.0546 e. The van der Waals surface area contributed by atoms with Gasteiger partial charge in [0.1, 0.15) is 0 Å². The van der Waals surface area contributed by atoms with Gasteiger partial charge in [0.05, 0.1) is 11.4 Å². The van der Waals surface area contributed by atoms with E-state index < -0.39 is 0 Å². The SMILES string of the molecule is Cc1cc(N(c2cccc(-c3cccc4ccccc34)c2)c2cc3c4ccccc4c(N(c4cccc(-c5cccc6ccccc56)c4)c4ccc(C(C)C)c(C)c4)cc3c3ccccc23)ccc1C(C)C. The van der Waals surface area contributed by atoms with Crippen LogP contribution in [0.4, 0.5) is 34.1 Å². The largest absolute Gasteiger partial charge is 0.310 e. The van der Waals surface area contributed by atoms with Crippen LogP contribution in [0.5, 0.6) is 0 Å². The Hall–Kier alpha value is -8.46. The number of hydrogen-bond acceptors (Lipinski definition) is 2. The first-order valence-corrected chi connectivity index (χ1v) is 25.5. The normalized spacial score (nSPS) is 11.7. The fourth-order valence-corrected chi connectivity index (χ4v) is 11.6. The van der Waals surface area contributed by atoms with Crippen molar-refractivity contribution in [3.8, 4) is 22.3 Å². The molecule has 0 atom stereocenters. The number of aryl methyl sites for hydroxylation is 2. The molecule has 0 radical (unpaired) electrons. The zero-order valence-electron chi connectivity index (χ0n) is 42.0. The van der Waals surface area contributed by atoms with Gasteiger partial charge in [-0.15, -0.1) is 0 Å². The molecule has 0 aliphatic heterocycles. The molecule has 0 saturated heterocycles. The summed E-state index contributed by atoms with van der Waals surface area (Å²) in [5.74, 6) is 0.836. The third-order valence-corrected chi connectivity index (χ3v) is 15.0. The van der Waals surface area contributed by atoms with E-state index in [1.54, 1.807) is 0 Å². The lowest BCUT2D eigenvalue weighted by Gasteiger charge is -2.31. The molecule has 12 aromatic rings. The van der Waals surface area contributed by atoms with Crippen LogP contribution in [0.25, 0.3) is 76.1 Å². The first-order valence-electron chi connectivity index (χ1n) is 25.5. The highest BCUT2D eigenvalue weighted by Crippen LogP contribution is 2.49. The van der Waals surface area contributed by atoms with Crippen molar-refractivity contribution in [1.82, 2.24) is 0 Å². The summed E-state index contributed by atoms with van der Waals surface area (Å²) in [6, 6.07) is 86.1. The van der Waals surface area contributed by atoms with Crippen molar-refractivity contribution < 1.29 is 0 Å². The molecule has 0 heterocycles. The zero-order chi connectivity index (χ0) is 49.0. The highest BCUT2D eigenvalue weighted by Gasteiger charge is 2.24. The van der Waals surface area contributed by atoms with Gasteiger partial charge in [0.2, 0.25) is 0 Å². The molecule has 0 aliphatic rings. The van der Waals surface area contributed by atoms with E-state index >= 15 is 0 Å². The molecular formula is C70H58N2. The van der Waals surface area contributed by atoms with Crippen LogP contribution in [0.2, 0.25) is 0 Å². The van der Waals surface area contributed by atoms with E-state index in [1.165, 1.54) is 98.4 Å². The predicted octanol–water partition coefficient (Wildman–Crippen LogP) is 20.6. The Labute approximate surface area is 424 Å². The Balaban J connectivity index is 1.11. The lowest BCUT2D eigenvalue weighted by atomic mass is 9.92. The average molecular weight is 927 g/mol. The monoisotopic (exact) mass is 926 g/mol. The van der Waals surface area contributed by atoms with Crippen LogP contribution in [0.3, 0.4) is 0 Å². The highest BCUT2D eigenvalue weighted by molar-refractivity contribution is 6.24. The zero-order valence-corrected chi connectivity index (χ0v) is 42.0. The van der Waals surface area contributed by atoms with E-state index in [1.807, 2.05) is 0 Å². The molecule has 0 unspecified atom stereocenters. The van der Waals surface area contributed by atoms with Gasteiger partial charge in [0.15, 0.2) is 0 Å². The first kappa shape index (κ1) is 44.7. The van der Waals surface area contributed by atoms with Crippen LogP contribution in [0.1, 0.15) is 61.8 Å². The van der Waals surface area contributed by atoms with Crippen molar-refractivity contribution >= 4 is 88.0 Å². The van der Waals surface area contributed by atoms with Crippen LogP contribution in [-0.2, 0) is 0 Å². The minimum Gasteiger partial charge on any atom is -0.310 e. The quantitative estimate of drug-likeness (QED) is 0.126. The molecule has 0 amide bonds. The Morgan fingerprint density at radius 3 is 1.03 bits per heavy atom. The van der Waals surface area contributed by atoms with Crippen LogP contribution >= 0.6 is 0 Å². The van der Waals surface area contributed by atoms with Gasteiger partial charge in [-0.2, -0.15) is 0 Å². The summed E-state index contributed by atoms with van der Waals surface area (Å²) in [6.45, 7) is 13.7. The van der Waals surface area contributed by atoms with E-state index in [-0.39, 0.29) is 0 Å². The number of rotatable bonds is 10. The summed E-state index contributed by atoms with van der Waals surface area (Å²) in [6.07, 6.45) is 0. The molecule has 2 heteroatoms. The summed E-state index contributed by atoms with van der Waals surface area (Å²) in [5.41, 5.74) is 16.9. The van der Waals surface area contributed by atoms with Gasteiger partial charge in [-0.05, 0) is 174 Å². The molecule has 2 nitrogen and oxygen atoms in total. The van der Waals surface area contributed by atoms with E-state index in [0.717, 1.165) is 34.1 Å². The second-order valence-corrected chi connectivity index (χ2v) is 20.2. The van der Waals surface area contributed by atoms with E-state index in [4.69, 9.17) is 0 Å². The van der Waals surface area contributed by atoms with Crippen molar-refractivity contribution in [3.63, 3.8) is 0 Å². The van der Waals surface area contributed by atoms with Crippen LogP contribution in [-0.4, -0.2) is 0 Å². The van der Waals surface area contributed by atoms with Crippen LogP contribution in [0.15, 0.2) is 231 Å². The van der Waals surface area contributed by atoms with Gasteiger partial charge in [0.25, 0.3) is 0 Å². The second kappa shape index (κ2) is 18.4. The van der Waals surface area contributed by atoms with Gasteiger partial charge >= 0.3 is 0 Å². The van der Waals surface area contributed by atoms with Gasteiger partial charge in [-0.25, -0.2) is 0 Å². The summed E-state index contributed by atoms with van der Waals surface area (Å²) in [7, 11) is 0. The molecule has 0 saturated carbocycles. The predicted molar refractivity (Wildman–Crippen MR) is 312 cm³/mol. The molecule has 0 fully saturated rings. The highest BCUT2D eigenvalue weighted by atomic mass is 15.2. The molecule has 0 aliphatic carbocycles. The Bertz CT molecular complexity index is 3770. The summed E-state index contributed by atoms with van der Waals surface area (Å²) in [4.78, 5) is 5.00. The Morgan fingerprint density at radius 1 is 0.278 bits per heavy atom. The number of benzene rings is 12. The van der Waals surface area contributed by atoms with E-state index in [9.17, 15) is 0 Å². The lowest BCUT2D eigenvalue weighted by molar-refractivity contribution is 0.856. The van der Waals surface area contributed by atoms with Crippen molar-refractivity contribution in [1.29, 1.82) is 0 Å². The molecule has 12 rings (SSSR count). The average Bonchev–Trinajstić information content (AvgIpc) is 3.41. The number of anilines is 6. The van der Waals surface area contributed by atoms with Gasteiger partial charge in [-0.1, -0.05) is 198 Å². The topological polar surface area (TPSA) is 6.48 Å². The minimum absolute atomic E-state index is 0.418. The summed E-state index contributed by atoms with van der Waals surface area (Å²) < 4.78 is 0. The fraction of sp³-hybridized carbons (Fsp3) is 0.114. The molecule has 0 N–H and O–H groups in total. The van der Waals surface area contributed by atoms with Gasteiger partial charge < -0.3 is 9.80 Å². The van der Waals surface area contributed by atoms with Crippen molar-refractivity contribution in [2.24, 2.45) is 0 Å². The van der Waals surface area contributed by atoms with E-state index in [0.29, 0.717) is 11.8 Å². The van der Waals surface area contributed by atoms with Crippen LogP contribution < -0.4 is 9.80 Å². The number of nitrogens with zero attached hydrogens (tertiary/aromatic N) is 2. The molecule has 12 aromatic carbocycles. The molecule has 0 aromatic heterocycles. The third kappa shape index (κ3) is 7.85.